The van der Waals surface area contributed by atoms with Gasteiger partial charge in [-0.05, 0) is 221 Å². The van der Waals surface area contributed by atoms with E-state index in [0.717, 1.165) is 152 Å². The molecule has 3 aromatic heterocycles. The number of nitrogens with one attached hydrogen (secondary N) is 2. The number of aryl methyl sites for hydroxylation is 1. The second kappa shape index (κ2) is 29.2. The molecule has 2 N–H and O–H groups in total. The number of benzene rings is 2. The zero-order valence-electron chi connectivity index (χ0n) is 54.4. The molecule has 6 fully saturated rings. The Morgan fingerprint density at radius 2 is 1.29 bits per heavy atom. The summed E-state index contributed by atoms with van der Waals surface area (Å²) in [4.78, 5) is 54.9. The number of allylic oxidation sites excluding steroid dienone is 1. The van der Waals surface area contributed by atoms with Crippen LogP contribution < -0.4 is 25.0 Å². The summed E-state index contributed by atoms with van der Waals surface area (Å²) >= 11 is 0. The van der Waals surface area contributed by atoms with E-state index < -0.39 is 0 Å². The third-order valence-electron chi connectivity index (χ3n) is 21.8. The Morgan fingerprint density at radius 1 is 0.633 bits per heavy atom. The fourth-order valence-electron chi connectivity index (χ4n) is 17.5. The van der Waals surface area contributed by atoms with Crippen molar-refractivity contribution in [2.75, 3.05) is 39.4 Å². The molecule has 0 saturated heterocycles. The van der Waals surface area contributed by atoms with Crippen molar-refractivity contribution >= 4 is 29.4 Å². The highest BCUT2D eigenvalue weighted by atomic mass is 16.5. The van der Waals surface area contributed by atoms with Crippen LogP contribution in [0.1, 0.15) is 239 Å². The number of anilines is 1. The number of esters is 1. The van der Waals surface area contributed by atoms with Crippen LogP contribution in [0.25, 0.3) is 5.69 Å². The van der Waals surface area contributed by atoms with Crippen molar-refractivity contribution in [2.24, 2.45) is 35.5 Å². The van der Waals surface area contributed by atoms with Gasteiger partial charge in [0.25, 0.3) is 17.7 Å². The molecule has 3 unspecified atom stereocenters. The molecule has 0 aliphatic heterocycles. The zero-order valence-corrected chi connectivity index (χ0v) is 54.4. The molecule has 10 aliphatic rings. The predicted molar refractivity (Wildman–Crippen MR) is 348 cm³/mol. The molecular formula is C73H99N9O8. The minimum atomic E-state index is -0.350. The first-order valence-corrected chi connectivity index (χ1v) is 34.9. The van der Waals surface area contributed by atoms with Crippen molar-refractivity contribution in [3.8, 4) is 17.2 Å². The zero-order chi connectivity index (χ0) is 62.3. The van der Waals surface area contributed by atoms with Crippen LogP contribution in [0.4, 0.5) is 5.69 Å². The molecule has 17 nitrogen and oxygen atoms in total. The van der Waals surface area contributed by atoms with E-state index in [0.29, 0.717) is 55.2 Å². The first-order chi connectivity index (χ1) is 44.0. The minimum Gasteiger partial charge on any atom is -0.497 e. The van der Waals surface area contributed by atoms with Gasteiger partial charge in [-0.3, -0.25) is 28.5 Å². The standard InChI is InChI=1S/C25H37N3O.C24H35N3O4.C24H27N3O3/c29-25(26-23-19-11-17-10-18(13-19)14-20(23)12-17)24-21-8-4-5-9-22(21)28(27-24)15-16-6-2-1-3-7-16;1-3-31-24(29)17-12-7-8-14-19(17)25-23(28)21-18-13-9-15-20(30-2)22(18)27(26-21)16-10-5-4-6-11-16;1-4-26(21-11-7-8-12-22(21)30-3)24(28)23-19-9-5-6-10-20(19)25-27(23)17-13-15-18(29-2)16-14-17/h16-20,23H,1-15H2,(H,26,29);7-8,16-17,19-20H,3-6,9-15H2,1-2H3,(H,25,28);7-8,11-16H,4-6,9-10H2,1-3H3. The largest absolute Gasteiger partial charge is 0.497 e. The monoisotopic (exact) mass is 1230 g/mol. The van der Waals surface area contributed by atoms with Gasteiger partial charge in [0.05, 0.1) is 61.7 Å². The molecule has 0 spiro atoms. The summed E-state index contributed by atoms with van der Waals surface area (Å²) in [6, 6.07) is 15.8. The normalized spacial score (nSPS) is 25.0. The Kier molecular flexibility index (Phi) is 20.6. The van der Waals surface area contributed by atoms with E-state index in [1.165, 1.54) is 108 Å². The number of ether oxygens (including phenoxy) is 4. The highest BCUT2D eigenvalue weighted by Gasteiger charge is 2.49. The quantitative estimate of drug-likeness (QED) is 0.0707. The van der Waals surface area contributed by atoms with Crippen LogP contribution in [-0.2, 0) is 52.9 Å². The number of aromatic nitrogens is 6. The highest BCUT2D eigenvalue weighted by molar-refractivity contribution is 6.07. The lowest BCUT2D eigenvalue weighted by molar-refractivity contribution is -0.149. The third-order valence-corrected chi connectivity index (χ3v) is 21.8. The van der Waals surface area contributed by atoms with Gasteiger partial charge >= 0.3 is 5.97 Å². The number of carbonyl (C=O) groups is 4. The fourth-order valence-corrected chi connectivity index (χ4v) is 17.5. The van der Waals surface area contributed by atoms with Crippen LogP contribution in [0.2, 0.25) is 0 Å². The molecule has 17 heteroatoms. The Labute approximate surface area is 533 Å². The van der Waals surface area contributed by atoms with Crippen molar-refractivity contribution in [3.63, 3.8) is 0 Å². The van der Waals surface area contributed by atoms with Crippen LogP contribution >= 0.6 is 0 Å². The Bertz CT molecular complexity index is 3300. The summed E-state index contributed by atoms with van der Waals surface area (Å²) < 4.78 is 28.0. The number of nitrogens with zero attached hydrogens (tertiary/aromatic N) is 7. The molecule has 3 amide bonds. The molecule has 4 bridgehead atoms. The van der Waals surface area contributed by atoms with Crippen molar-refractivity contribution in [1.82, 2.24) is 40.0 Å². The molecular weight excluding hydrogens is 1130 g/mol. The van der Waals surface area contributed by atoms with Gasteiger partial charge in [-0.2, -0.15) is 15.3 Å². The summed E-state index contributed by atoms with van der Waals surface area (Å²) in [5, 5.41) is 21.3. The van der Waals surface area contributed by atoms with Crippen LogP contribution in [0.5, 0.6) is 11.5 Å². The molecule has 3 heterocycles. The Morgan fingerprint density at radius 3 is 1.99 bits per heavy atom. The van der Waals surface area contributed by atoms with Crippen LogP contribution in [-0.4, -0.2) is 99.6 Å². The summed E-state index contributed by atoms with van der Waals surface area (Å²) in [5.41, 5.74) is 10.4. The second-order valence-electron chi connectivity index (χ2n) is 27.4. The smallest absolute Gasteiger partial charge is 0.311 e. The van der Waals surface area contributed by atoms with Gasteiger partial charge in [-0.15, -0.1) is 0 Å². The lowest BCUT2D eigenvalue weighted by Crippen LogP contribution is -2.56. The van der Waals surface area contributed by atoms with Crippen LogP contribution in [0.15, 0.2) is 60.7 Å². The maximum absolute atomic E-state index is 13.9. The number of carbonyl (C=O) groups excluding carboxylic acids is 4. The molecule has 2 aromatic carbocycles. The average molecular weight is 1230 g/mol. The van der Waals surface area contributed by atoms with Crippen LogP contribution in [0.3, 0.4) is 0 Å². The Balaban J connectivity index is 0.000000131. The molecule has 15 rings (SSSR count). The van der Waals surface area contributed by atoms with E-state index in [4.69, 9.17) is 34.2 Å². The van der Waals surface area contributed by atoms with E-state index >= 15 is 0 Å². The number of rotatable bonds is 16. The predicted octanol–water partition coefficient (Wildman–Crippen LogP) is 13.4. The first-order valence-electron chi connectivity index (χ1n) is 34.9. The number of hydrogen-bond acceptors (Lipinski definition) is 11. The maximum Gasteiger partial charge on any atom is 0.311 e. The van der Waals surface area contributed by atoms with Gasteiger partial charge < -0.3 is 34.5 Å². The molecule has 484 valence electrons. The van der Waals surface area contributed by atoms with Crippen molar-refractivity contribution in [1.29, 1.82) is 0 Å². The van der Waals surface area contributed by atoms with Gasteiger partial charge in [0.1, 0.15) is 17.2 Å². The molecule has 0 radical (unpaired) electrons. The molecule has 90 heavy (non-hydrogen) atoms. The minimum absolute atomic E-state index is 0.00961. The number of para-hydroxylation sites is 2. The number of fused-ring (bicyclic) bond motifs is 3. The van der Waals surface area contributed by atoms with Crippen molar-refractivity contribution in [3.05, 3.63) is 112 Å². The van der Waals surface area contributed by atoms with Gasteiger partial charge in [-0.25, -0.2) is 4.68 Å². The summed E-state index contributed by atoms with van der Waals surface area (Å²) in [7, 11) is 5.01. The average Bonchev–Trinajstić information content (AvgIpc) is 1.37. The van der Waals surface area contributed by atoms with Gasteiger partial charge in [-0.1, -0.05) is 62.8 Å². The second-order valence-corrected chi connectivity index (χ2v) is 27.4. The van der Waals surface area contributed by atoms with E-state index in [-0.39, 0.29) is 41.8 Å². The third kappa shape index (κ3) is 13.6. The molecule has 5 aromatic rings. The van der Waals surface area contributed by atoms with Crippen molar-refractivity contribution < 1.29 is 38.1 Å². The maximum atomic E-state index is 13.9. The van der Waals surface area contributed by atoms with E-state index in [2.05, 4.69) is 20.0 Å². The summed E-state index contributed by atoms with van der Waals surface area (Å²) in [6.07, 6.45) is 36.1. The van der Waals surface area contributed by atoms with E-state index in [9.17, 15) is 19.2 Å². The van der Waals surface area contributed by atoms with Crippen LogP contribution in [0, 0.1) is 35.5 Å². The number of amides is 3. The summed E-state index contributed by atoms with van der Waals surface area (Å²) in [6.45, 7) is 5.69. The molecule has 6 saturated carbocycles. The van der Waals surface area contributed by atoms with Gasteiger partial charge in [0, 0.05) is 54.7 Å². The van der Waals surface area contributed by atoms with Gasteiger partial charge in [0.15, 0.2) is 11.4 Å². The number of methoxy groups -OCH3 is 3. The number of hydrogen-bond donors (Lipinski definition) is 2. The lowest BCUT2D eigenvalue weighted by atomic mass is 9.54. The topological polar surface area (TPSA) is 186 Å². The molecule has 10 aliphatic carbocycles. The fraction of sp³-hybridized carbons (Fsp3) is 0.630. The van der Waals surface area contributed by atoms with E-state index in [1.807, 2.05) is 67.6 Å². The van der Waals surface area contributed by atoms with E-state index in [1.54, 1.807) is 37.8 Å². The van der Waals surface area contributed by atoms with Gasteiger partial charge in [0.2, 0.25) is 0 Å². The Hall–Kier alpha value is -6.75. The highest BCUT2D eigenvalue weighted by Crippen LogP contribution is 2.54. The summed E-state index contributed by atoms with van der Waals surface area (Å²) in [5.74, 6) is 4.88. The molecule has 3 atom stereocenters. The first kappa shape index (κ1) is 63.4. The van der Waals surface area contributed by atoms with Crippen molar-refractivity contribution in [2.45, 2.75) is 224 Å². The SMILES string of the molecule is CCN(C(=O)c1c2c(nn1-c1ccc(OC)cc1)CCCC2)c1ccccc1OC.CCOC(=O)C1CC=CCC1NC(=O)c1nn(C2CCCCC2)c2c1CCCC2OC.O=C(NC1C2CC3CC(C2)CC1C3)c1nn(CC2CCCCC2)c2c1CCCC2. The lowest BCUT2D eigenvalue weighted by Gasteiger charge is -2.54.